The van der Waals surface area contributed by atoms with E-state index in [0.717, 1.165) is 12.8 Å². The molecule has 0 radical (unpaired) electrons. The molecule has 0 fully saturated rings. The van der Waals surface area contributed by atoms with Crippen molar-refractivity contribution in [1.82, 2.24) is 10.6 Å². The molecule has 1 unspecified atom stereocenters. The van der Waals surface area contributed by atoms with Crippen LogP contribution in [-0.2, 0) is 4.79 Å². The van der Waals surface area contributed by atoms with Gasteiger partial charge in [0.2, 0.25) is 5.91 Å². The summed E-state index contributed by atoms with van der Waals surface area (Å²) in [7, 11) is 0. The molecular formula is C17H23N3O3. The van der Waals surface area contributed by atoms with Crippen molar-refractivity contribution >= 4 is 11.8 Å². The van der Waals surface area contributed by atoms with Gasteiger partial charge in [0.25, 0.3) is 5.91 Å². The fraction of sp³-hybridized carbons (Fsp3) is 0.412. The van der Waals surface area contributed by atoms with Crippen LogP contribution in [0.25, 0.3) is 0 Å². The maximum Gasteiger partial charge on any atom is 0.255 e. The van der Waals surface area contributed by atoms with Crippen LogP contribution in [-0.4, -0.2) is 37.6 Å². The SMILES string of the molecule is NC1C/C=C\COc2ccccc2C(=O)NCCCCNC1=O. The molecule has 0 spiro atoms. The van der Waals surface area contributed by atoms with Gasteiger partial charge >= 0.3 is 0 Å². The number of hydrogen-bond donors (Lipinski definition) is 3. The molecule has 23 heavy (non-hydrogen) atoms. The van der Waals surface area contributed by atoms with Crippen LogP contribution >= 0.6 is 0 Å². The van der Waals surface area contributed by atoms with Gasteiger partial charge in [-0.25, -0.2) is 0 Å². The van der Waals surface area contributed by atoms with Crippen molar-refractivity contribution in [2.45, 2.75) is 25.3 Å². The van der Waals surface area contributed by atoms with Gasteiger partial charge < -0.3 is 21.1 Å². The third-order valence-electron chi connectivity index (χ3n) is 3.55. The average molecular weight is 317 g/mol. The van der Waals surface area contributed by atoms with Gasteiger partial charge in [0, 0.05) is 13.1 Å². The Balaban J connectivity index is 2.06. The van der Waals surface area contributed by atoms with E-state index >= 15 is 0 Å². The zero-order chi connectivity index (χ0) is 16.5. The van der Waals surface area contributed by atoms with E-state index in [1.165, 1.54) is 0 Å². The summed E-state index contributed by atoms with van der Waals surface area (Å²) in [5.74, 6) is 0.239. The number of fused-ring (bicyclic) bond motifs is 1. The number of benzene rings is 1. The van der Waals surface area contributed by atoms with Gasteiger partial charge in [0.15, 0.2) is 0 Å². The van der Waals surface area contributed by atoms with E-state index in [4.69, 9.17) is 10.5 Å². The van der Waals surface area contributed by atoms with Crippen LogP contribution in [0, 0.1) is 0 Å². The van der Waals surface area contributed by atoms with E-state index < -0.39 is 6.04 Å². The summed E-state index contributed by atoms with van der Waals surface area (Å²) in [6, 6.07) is 6.60. The second kappa shape index (κ2) is 8.95. The number of nitrogens with one attached hydrogen (secondary N) is 2. The average Bonchev–Trinajstić information content (AvgIpc) is 2.56. The van der Waals surface area contributed by atoms with Crippen LogP contribution in [0.1, 0.15) is 29.6 Å². The van der Waals surface area contributed by atoms with Crippen molar-refractivity contribution in [2.75, 3.05) is 19.7 Å². The molecule has 0 saturated heterocycles. The van der Waals surface area contributed by atoms with Crippen molar-refractivity contribution in [3.8, 4) is 5.75 Å². The number of ether oxygens (including phenoxy) is 1. The lowest BCUT2D eigenvalue weighted by Gasteiger charge is -2.13. The van der Waals surface area contributed by atoms with Crippen molar-refractivity contribution in [3.05, 3.63) is 42.0 Å². The van der Waals surface area contributed by atoms with Crippen LogP contribution < -0.4 is 21.1 Å². The molecule has 1 aliphatic rings. The lowest BCUT2D eigenvalue weighted by atomic mass is 10.1. The van der Waals surface area contributed by atoms with Gasteiger partial charge in [0.05, 0.1) is 11.6 Å². The highest BCUT2D eigenvalue weighted by Crippen LogP contribution is 2.17. The van der Waals surface area contributed by atoms with Crippen molar-refractivity contribution in [3.63, 3.8) is 0 Å². The Morgan fingerprint density at radius 1 is 1.04 bits per heavy atom. The Labute approximate surface area is 136 Å². The summed E-state index contributed by atoms with van der Waals surface area (Å²) in [4.78, 5) is 23.9. The molecule has 0 saturated carbocycles. The van der Waals surface area contributed by atoms with Gasteiger partial charge in [-0.05, 0) is 31.4 Å². The van der Waals surface area contributed by atoms with E-state index in [1.54, 1.807) is 18.2 Å². The molecule has 1 aromatic rings. The molecule has 6 heteroatoms. The maximum atomic E-state index is 12.2. The van der Waals surface area contributed by atoms with Gasteiger partial charge in [-0.1, -0.05) is 24.3 Å². The second-order valence-corrected chi connectivity index (χ2v) is 5.37. The molecule has 4 N–H and O–H groups in total. The summed E-state index contributed by atoms with van der Waals surface area (Å²) >= 11 is 0. The first-order valence-corrected chi connectivity index (χ1v) is 7.87. The lowest BCUT2D eigenvalue weighted by molar-refractivity contribution is -0.122. The summed E-state index contributed by atoms with van der Waals surface area (Å²) in [6.45, 7) is 1.43. The first-order valence-electron chi connectivity index (χ1n) is 7.87. The molecule has 0 aliphatic carbocycles. The minimum atomic E-state index is -0.550. The Hall–Kier alpha value is -2.34. The van der Waals surface area contributed by atoms with E-state index in [1.807, 2.05) is 18.2 Å². The summed E-state index contributed by atoms with van der Waals surface area (Å²) < 4.78 is 5.63. The zero-order valence-electron chi connectivity index (χ0n) is 13.1. The quantitative estimate of drug-likeness (QED) is 0.622. The van der Waals surface area contributed by atoms with E-state index in [-0.39, 0.29) is 11.8 Å². The molecule has 6 nitrogen and oxygen atoms in total. The fourth-order valence-corrected chi connectivity index (χ4v) is 2.23. The zero-order valence-corrected chi connectivity index (χ0v) is 13.1. The number of hydrogen-bond acceptors (Lipinski definition) is 4. The van der Waals surface area contributed by atoms with Crippen molar-refractivity contribution in [1.29, 1.82) is 0 Å². The van der Waals surface area contributed by atoms with Crippen LogP contribution in [0.15, 0.2) is 36.4 Å². The standard InChI is InChI=1S/C17H23N3O3/c18-14-8-3-6-12-23-15-9-2-1-7-13(15)16(21)19-10-4-5-11-20-17(14)22/h1-3,6-7,9,14H,4-5,8,10-12,18H2,(H,19,21)(H,20,22)/b6-3-. The highest BCUT2D eigenvalue weighted by atomic mass is 16.5. The van der Waals surface area contributed by atoms with Crippen LogP contribution in [0.3, 0.4) is 0 Å². The van der Waals surface area contributed by atoms with Gasteiger partial charge in [-0.2, -0.15) is 0 Å². The number of rotatable bonds is 0. The molecule has 2 amide bonds. The van der Waals surface area contributed by atoms with E-state index in [2.05, 4.69) is 10.6 Å². The second-order valence-electron chi connectivity index (χ2n) is 5.37. The van der Waals surface area contributed by atoms with Crippen LogP contribution in [0.4, 0.5) is 0 Å². The summed E-state index contributed by atoms with van der Waals surface area (Å²) in [5, 5.41) is 5.67. The van der Waals surface area contributed by atoms with Crippen molar-refractivity contribution < 1.29 is 14.3 Å². The minimum absolute atomic E-state index is 0.150. The third-order valence-corrected chi connectivity index (χ3v) is 3.55. The van der Waals surface area contributed by atoms with Crippen molar-refractivity contribution in [2.24, 2.45) is 5.73 Å². The summed E-state index contributed by atoms with van der Waals surface area (Å²) in [5.41, 5.74) is 6.34. The first-order chi connectivity index (χ1) is 11.2. The Bertz CT molecular complexity index is 572. The largest absolute Gasteiger partial charge is 0.489 e. The van der Waals surface area contributed by atoms with Crippen LogP contribution in [0.5, 0.6) is 5.75 Å². The molecule has 1 aromatic carbocycles. The molecule has 1 heterocycles. The Kier molecular flexibility index (Phi) is 6.62. The normalized spacial score (nSPS) is 22.2. The van der Waals surface area contributed by atoms with Gasteiger partial charge in [-0.3, -0.25) is 9.59 Å². The topological polar surface area (TPSA) is 93.4 Å². The number of carbonyl (C=O) groups is 2. The molecule has 1 aliphatic heterocycles. The van der Waals surface area contributed by atoms with Crippen LogP contribution in [0.2, 0.25) is 0 Å². The minimum Gasteiger partial charge on any atom is -0.489 e. The monoisotopic (exact) mass is 317 g/mol. The third kappa shape index (κ3) is 5.41. The number of carbonyl (C=O) groups excluding carboxylic acids is 2. The van der Waals surface area contributed by atoms with Gasteiger partial charge in [0.1, 0.15) is 12.4 Å². The van der Waals surface area contributed by atoms with E-state index in [0.29, 0.717) is 37.4 Å². The van der Waals surface area contributed by atoms with E-state index in [9.17, 15) is 9.59 Å². The highest BCUT2D eigenvalue weighted by molar-refractivity contribution is 5.96. The predicted octanol–water partition coefficient (Wildman–Crippen LogP) is 0.979. The fourth-order valence-electron chi connectivity index (χ4n) is 2.23. The molecule has 0 bridgehead atoms. The van der Waals surface area contributed by atoms with Gasteiger partial charge in [-0.15, -0.1) is 0 Å². The predicted molar refractivity (Wildman–Crippen MR) is 88.2 cm³/mol. The molecular weight excluding hydrogens is 294 g/mol. The molecule has 0 aromatic heterocycles. The maximum absolute atomic E-state index is 12.2. The Morgan fingerprint density at radius 2 is 1.78 bits per heavy atom. The molecule has 1 atom stereocenters. The number of amides is 2. The highest BCUT2D eigenvalue weighted by Gasteiger charge is 2.13. The first kappa shape index (κ1) is 17.0. The smallest absolute Gasteiger partial charge is 0.255 e. The Morgan fingerprint density at radius 3 is 2.61 bits per heavy atom. The summed E-state index contributed by atoms with van der Waals surface area (Å²) in [6.07, 6.45) is 5.64. The number of nitrogens with two attached hydrogens (primary N) is 1. The molecule has 124 valence electrons. The number of para-hydroxylation sites is 1. The molecule has 2 rings (SSSR count). The lowest BCUT2D eigenvalue weighted by Crippen LogP contribution is -2.40.